The zero-order valence-electron chi connectivity index (χ0n) is 18.9. The Bertz CT molecular complexity index is 1360. The Labute approximate surface area is 211 Å². The summed E-state index contributed by atoms with van der Waals surface area (Å²) in [6, 6.07) is 5.78. The van der Waals surface area contributed by atoms with Crippen LogP contribution in [0.15, 0.2) is 33.6 Å². The number of terminal acetylenes is 1. The van der Waals surface area contributed by atoms with Crippen LogP contribution < -0.4 is 10.6 Å². The molecule has 2 fully saturated rings. The summed E-state index contributed by atoms with van der Waals surface area (Å²) < 4.78 is 29.2. The number of urea groups is 1. The number of hydrogen-bond acceptors (Lipinski definition) is 8. The van der Waals surface area contributed by atoms with Crippen LogP contribution in [0.3, 0.4) is 0 Å². The highest BCUT2D eigenvalue weighted by atomic mass is 32.2. The highest BCUT2D eigenvalue weighted by Crippen LogP contribution is 2.33. The lowest BCUT2D eigenvalue weighted by Gasteiger charge is -2.41. The van der Waals surface area contributed by atoms with Crippen molar-refractivity contribution < 1.29 is 18.0 Å². The maximum Gasteiger partial charge on any atom is 0.341 e. The first-order chi connectivity index (χ1) is 16.8. The number of carbonyl (C=O) groups excluding carboxylic acids is 2. The van der Waals surface area contributed by atoms with Gasteiger partial charge >= 0.3 is 6.03 Å². The van der Waals surface area contributed by atoms with Gasteiger partial charge < -0.3 is 10.2 Å². The Balaban J connectivity index is 1.39. The minimum Gasteiger partial charge on any atom is -0.357 e. The molecule has 2 saturated heterocycles. The molecular formula is C22H24N6O4S3. The number of hydrogen-bond donors (Lipinski definition) is 2. The molecule has 2 aromatic rings. The largest absolute Gasteiger partial charge is 0.357 e. The molecule has 0 spiro atoms. The quantitative estimate of drug-likeness (QED) is 0.573. The van der Waals surface area contributed by atoms with Crippen LogP contribution in [0, 0.1) is 12.3 Å². The molecule has 10 nitrogen and oxygen atoms in total. The molecule has 13 heteroatoms. The summed E-state index contributed by atoms with van der Waals surface area (Å²) in [5.74, 6) is 2.89. The molecule has 35 heavy (non-hydrogen) atoms. The van der Waals surface area contributed by atoms with Gasteiger partial charge in [0.25, 0.3) is 10.0 Å². The average molecular weight is 533 g/mol. The summed E-state index contributed by atoms with van der Waals surface area (Å²) in [6.07, 6.45) is 6.21. The van der Waals surface area contributed by atoms with Crippen LogP contribution in [0.25, 0.3) is 10.1 Å². The second kappa shape index (κ2) is 9.44. The van der Waals surface area contributed by atoms with Gasteiger partial charge in [0, 0.05) is 49.4 Å². The molecular weight excluding hydrogens is 508 g/mol. The van der Waals surface area contributed by atoms with E-state index in [-0.39, 0.29) is 29.9 Å². The van der Waals surface area contributed by atoms with Crippen molar-refractivity contribution in [1.29, 1.82) is 0 Å². The van der Waals surface area contributed by atoms with Crippen LogP contribution >= 0.6 is 23.1 Å². The molecule has 0 bridgehead atoms. The first kappa shape index (κ1) is 24.1. The standard InChI is InChI=1S/C22H24N6O4S3/c1-3-14-4-5-15-11-19(34-18(15)10-14)35(31,32)26-8-9-27(17(12-26)20(29)23-2)22(30)28-7-6-16-21(25-28)33-13-24-16/h1,4-5,10-11,16-17,24H,6-9,12-13H2,2H3,(H,23,29). The highest BCUT2D eigenvalue weighted by molar-refractivity contribution is 8.14. The molecule has 2 unspecified atom stereocenters. The third-order valence-electron chi connectivity index (χ3n) is 6.31. The number of amides is 3. The average Bonchev–Trinajstić information content (AvgIpc) is 3.53. The van der Waals surface area contributed by atoms with Gasteiger partial charge in [0.2, 0.25) is 5.91 Å². The van der Waals surface area contributed by atoms with Crippen molar-refractivity contribution in [3.05, 3.63) is 29.8 Å². The Hall–Kier alpha value is -2.63. The summed E-state index contributed by atoms with van der Waals surface area (Å²) in [5, 5.41) is 13.4. The van der Waals surface area contributed by atoms with Gasteiger partial charge in [0.05, 0.1) is 6.04 Å². The molecule has 5 rings (SSSR count). The molecule has 0 aliphatic carbocycles. The number of fused-ring (bicyclic) bond motifs is 2. The number of carbonyl (C=O) groups is 2. The lowest BCUT2D eigenvalue weighted by molar-refractivity contribution is -0.126. The van der Waals surface area contributed by atoms with Crippen LogP contribution in [-0.4, -0.2) is 90.8 Å². The summed E-state index contributed by atoms with van der Waals surface area (Å²) in [7, 11) is -2.40. The molecule has 1 aromatic heterocycles. The maximum atomic E-state index is 13.5. The molecule has 1 aromatic carbocycles. The van der Waals surface area contributed by atoms with Crippen LogP contribution in [-0.2, 0) is 14.8 Å². The summed E-state index contributed by atoms with van der Waals surface area (Å²) in [4.78, 5) is 27.5. The summed E-state index contributed by atoms with van der Waals surface area (Å²) >= 11 is 2.70. The molecule has 0 radical (unpaired) electrons. The van der Waals surface area contributed by atoms with Crippen molar-refractivity contribution in [3.8, 4) is 12.3 Å². The topological polar surface area (TPSA) is 114 Å². The number of nitrogens with one attached hydrogen (secondary N) is 2. The fourth-order valence-electron chi connectivity index (χ4n) is 4.38. The van der Waals surface area contributed by atoms with Gasteiger partial charge in [-0.05, 0) is 30.0 Å². The van der Waals surface area contributed by atoms with E-state index in [0.29, 0.717) is 12.1 Å². The highest BCUT2D eigenvalue weighted by Gasteiger charge is 2.42. The van der Waals surface area contributed by atoms with Gasteiger partial charge in [-0.3, -0.25) is 10.1 Å². The van der Waals surface area contributed by atoms with Crippen molar-refractivity contribution in [1.82, 2.24) is 24.8 Å². The predicted octanol–water partition coefficient (Wildman–Crippen LogP) is 1.11. The molecule has 2 N–H and O–H groups in total. The lowest BCUT2D eigenvalue weighted by atomic mass is 10.1. The van der Waals surface area contributed by atoms with E-state index in [4.69, 9.17) is 6.42 Å². The number of hydrazone groups is 1. The SMILES string of the molecule is C#Cc1ccc2cc(S(=O)(=O)N3CCN(C(=O)N4CCC5NCSC5=N4)C(C(=O)NC)C3)sc2c1. The first-order valence-corrected chi connectivity index (χ1v) is 14.3. The van der Waals surface area contributed by atoms with Gasteiger partial charge in [-0.15, -0.1) is 17.8 Å². The van der Waals surface area contributed by atoms with E-state index in [1.807, 2.05) is 0 Å². The predicted molar refractivity (Wildman–Crippen MR) is 137 cm³/mol. The number of nitrogens with zero attached hydrogens (tertiary/aromatic N) is 4. The number of thiophene rings is 1. The monoisotopic (exact) mass is 532 g/mol. The number of rotatable bonds is 3. The van der Waals surface area contributed by atoms with E-state index < -0.39 is 28.0 Å². The van der Waals surface area contributed by atoms with Crippen molar-refractivity contribution in [3.63, 3.8) is 0 Å². The van der Waals surface area contributed by atoms with Crippen LogP contribution in [0.5, 0.6) is 0 Å². The molecule has 4 heterocycles. The zero-order chi connectivity index (χ0) is 24.7. The molecule has 3 amide bonds. The fourth-order valence-corrected chi connectivity index (χ4v) is 8.40. The Morgan fingerprint density at radius 3 is 2.86 bits per heavy atom. The number of piperazine rings is 1. The fraction of sp³-hybridized carbons (Fsp3) is 0.409. The Kier molecular flexibility index (Phi) is 6.49. The summed E-state index contributed by atoms with van der Waals surface area (Å²) in [5.41, 5.74) is 0.675. The van der Waals surface area contributed by atoms with Crippen molar-refractivity contribution >= 4 is 60.2 Å². The lowest BCUT2D eigenvalue weighted by Crippen LogP contribution is -2.63. The van der Waals surface area contributed by atoms with Crippen LogP contribution in [0.1, 0.15) is 12.0 Å². The van der Waals surface area contributed by atoms with E-state index in [2.05, 4.69) is 21.7 Å². The van der Waals surface area contributed by atoms with E-state index in [9.17, 15) is 18.0 Å². The van der Waals surface area contributed by atoms with E-state index in [1.165, 1.54) is 21.3 Å². The number of sulfonamides is 1. The van der Waals surface area contributed by atoms with Gasteiger partial charge in [-0.2, -0.15) is 9.41 Å². The van der Waals surface area contributed by atoms with Crippen molar-refractivity contribution in [2.24, 2.45) is 5.10 Å². The molecule has 0 saturated carbocycles. The second-order valence-corrected chi connectivity index (χ2v) is 12.6. The Morgan fingerprint density at radius 1 is 1.26 bits per heavy atom. The van der Waals surface area contributed by atoms with Crippen molar-refractivity contribution in [2.75, 3.05) is 39.1 Å². The third-order valence-corrected chi connectivity index (χ3v) is 10.7. The minimum atomic E-state index is -3.87. The maximum absolute atomic E-state index is 13.5. The van der Waals surface area contributed by atoms with Gasteiger partial charge in [0.1, 0.15) is 15.3 Å². The smallest absolute Gasteiger partial charge is 0.341 e. The number of benzene rings is 1. The van der Waals surface area contributed by atoms with Crippen molar-refractivity contribution in [2.45, 2.75) is 22.7 Å². The molecule has 2 atom stereocenters. The molecule has 184 valence electrons. The zero-order valence-corrected chi connectivity index (χ0v) is 21.4. The van der Waals surface area contributed by atoms with Gasteiger partial charge in [-0.1, -0.05) is 23.7 Å². The van der Waals surface area contributed by atoms with Crippen LogP contribution in [0.4, 0.5) is 4.79 Å². The third kappa shape index (κ3) is 4.41. The van der Waals surface area contributed by atoms with Gasteiger partial charge in [0.15, 0.2) is 0 Å². The minimum absolute atomic E-state index is 0.0781. The van der Waals surface area contributed by atoms with Gasteiger partial charge in [-0.25, -0.2) is 18.2 Å². The number of thioether (sulfide) groups is 1. The number of likely N-dealkylation sites (N-methyl/N-ethyl adjacent to an activating group) is 1. The first-order valence-electron chi connectivity index (χ1n) is 11.1. The van der Waals surface area contributed by atoms with E-state index in [0.717, 1.165) is 38.8 Å². The normalized spacial score (nSPS) is 23.0. The van der Waals surface area contributed by atoms with Crippen LogP contribution in [0.2, 0.25) is 0 Å². The molecule has 3 aliphatic rings. The van der Waals surface area contributed by atoms with E-state index in [1.54, 1.807) is 36.0 Å². The van der Waals surface area contributed by atoms with E-state index >= 15 is 0 Å². The summed E-state index contributed by atoms with van der Waals surface area (Å²) in [6.45, 7) is 0.454. The molecule has 3 aliphatic heterocycles. The second-order valence-electron chi connectivity index (χ2n) is 8.33. The Morgan fingerprint density at radius 2 is 2.09 bits per heavy atom.